The molecule has 1 atom stereocenters. The van der Waals surface area contributed by atoms with Gasteiger partial charge < -0.3 is 14.9 Å². The van der Waals surface area contributed by atoms with Gasteiger partial charge in [-0.2, -0.15) is 16.3 Å². The smallest absolute Gasteiger partial charge is 0.240 e. The molecule has 0 amide bonds. The van der Waals surface area contributed by atoms with Crippen molar-refractivity contribution < 1.29 is 9.63 Å². The molecule has 1 aliphatic carbocycles. The Morgan fingerprint density at radius 3 is 2.91 bits per heavy atom. The van der Waals surface area contributed by atoms with E-state index in [-0.39, 0.29) is 12.1 Å². The summed E-state index contributed by atoms with van der Waals surface area (Å²) in [4.78, 5) is 4.42. The van der Waals surface area contributed by atoms with Crippen LogP contribution in [0.1, 0.15) is 44.9 Å². The molecule has 3 rings (SSSR count). The molecular formula is C16H23N3O2S. The second-order valence-corrected chi connectivity index (χ2v) is 7.07. The first-order valence-electron chi connectivity index (χ1n) is 7.92. The number of thiophene rings is 1. The largest absolute Gasteiger partial charge is 0.394 e. The minimum Gasteiger partial charge on any atom is -0.394 e. The summed E-state index contributed by atoms with van der Waals surface area (Å²) >= 11 is 1.61. The molecule has 0 aromatic carbocycles. The highest BCUT2D eigenvalue weighted by atomic mass is 32.1. The van der Waals surface area contributed by atoms with Gasteiger partial charge in [0.2, 0.25) is 11.7 Å². The third-order valence-electron chi connectivity index (χ3n) is 4.73. The van der Waals surface area contributed by atoms with E-state index in [9.17, 15) is 5.11 Å². The van der Waals surface area contributed by atoms with Crippen LogP contribution in [0, 0.1) is 5.92 Å². The van der Waals surface area contributed by atoms with E-state index in [1.807, 2.05) is 16.8 Å². The van der Waals surface area contributed by atoms with Gasteiger partial charge in [-0.05, 0) is 37.1 Å². The molecule has 5 nitrogen and oxygen atoms in total. The zero-order valence-corrected chi connectivity index (χ0v) is 13.7. The molecule has 6 heteroatoms. The topological polar surface area (TPSA) is 71.2 Å². The molecule has 0 bridgehead atoms. The van der Waals surface area contributed by atoms with E-state index in [2.05, 4.69) is 22.4 Å². The molecule has 0 saturated heterocycles. The van der Waals surface area contributed by atoms with Crippen molar-refractivity contribution in [1.29, 1.82) is 0 Å². The number of hydrogen-bond donors (Lipinski definition) is 2. The Kier molecular flexibility index (Phi) is 4.90. The van der Waals surface area contributed by atoms with E-state index in [4.69, 9.17) is 4.52 Å². The number of aliphatic hydroxyl groups excluding tert-OH is 1. The number of nitrogens with one attached hydrogen (secondary N) is 1. The third-order valence-corrected chi connectivity index (χ3v) is 5.41. The average Bonchev–Trinajstić information content (AvgIpc) is 3.24. The lowest BCUT2D eigenvalue weighted by atomic mass is 9.76. The minimum absolute atomic E-state index is 0.128. The number of nitrogens with zero attached hydrogens (tertiary/aromatic N) is 2. The molecule has 22 heavy (non-hydrogen) atoms. The maximum Gasteiger partial charge on any atom is 0.240 e. The summed E-state index contributed by atoms with van der Waals surface area (Å²) in [5.74, 6) is 1.70. The molecular weight excluding hydrogens is 298 g/mol. The first-order chi connectivity index (χ1) is 10.7. The number of hydrogen-bond acceptors (Lipinski definition) is 6. The maximum atomic E-state index is 9.84. The fourth-order valence-electron chi connectivity index (χ4n) is 3.18. The van der Waals surface area contributed by atoms with Crippen LogP contribution in [0.25, 0.3) is 11.4 Å². The molecule has 2 aromatic heterocycles. The second-order valence-electron chi connectivity index (χ2n) is 6.29. The van der Waals surface area contributed by atoms with Crippen molar-refractivity contribution in [2.24, 2.45) is 5.92 Å². The summed E-state index contributed by atoms with van der Waals surface area (Å²) < 4.78 is 5.32. The zero-order valence-electron chi connectivity index (χ0n) is 12.9. The molecule has 2 aromatic rings. The molecule has 2 heterocycles. The highest BCUT2D eigenvalue weighted by Crippen LogP contribution is 2.32. The lowest BCUT2D eigenvalue weighted by Crippen LogP contribution is -2.52. The van der Waals surface area contributed by atoms with E-state index in [1.165, 1.54) is 32.1 Å². The van der Waals surface area contributed by atoms with E-state index in [0.717, 1.165) is 5.56 Å². The Bertz CT molecular complexity index is 578. The van der Waals surface area contributed by atoms with Crippen LogP contribution in [0.3, 0.4) is 0 Å². The summed E-state index contributed by atoms with van der Waals surface area (Å²) in [5.41, 5.74) is 0.703. The summed E-state index contributed by atoms with van der Waals surface area (Å²) in [5, 5.41) is 21.3. The zero-order chi connectivity index (χ0) is 15.4. The van der Waals surface area contributed by atoms with Crippen LogP contribution in [-0.4, -0.2) is 27.4 Å². The molecule has 0 radical (unpaired) electrons. The van der Waals surface area contributed by atoms with Crippen molar-refractivity contribution in [1.82, 2.24) is 15.5 Å². The predicted octanol–water partition coefficient (Wildman–Crippen LogP) is 3.22. The molecule has 1 fully saturated rings. The molecule has 120 valence electrons. The van der Waals surface area contributed by atoms with Crippen LogP contribution in [0.2, 0.25) is 0 Å². The standard InChI is InChI=1S/C16H23N3O2S/c1-16(11-20,13-5-3-2-4-6-13)17-9-14-18-15(19-21-14)12-7-8-22-10-12/h7-8,10,13,17,20H,2-6,9,11H2,1H3/t16-/m0/s1. The molecule has 0 unspecified atom stereocenters. The van der Waals surface area contributed by atoms with Crippen molar-refractivity contribution in [2.45, 2.75) is 51.1 Å². The van der Waals surface area contributed by atoms with Crippen LogP contribution in [0.5, 0.6) is 0 Å². The van der Waals surface area contributed by atoms with Gasteiger partial charge in [-0.1, -0.05) is 24.4 Å². The lowest BCUT2D eigenvalue weighted by Gasteiger charge is -2.39. The Hall–Kier alpha value is -1.24. The van der Waals surface area contributed by atoms with Gasteiger partial charge in [0.25, 0.3) is 0 Å². The molecule has 1 aliphatic rings. The van der Waals surface area contributed by atoms with Gasteiger partial charge in [-0.25, -0.2) is 0 Å². The second kappa shape index (κ2) is 6.89. The third kappa shape index (κ3) is 3.39. The fourth-order valence-corrected chi connectivity index (χ4v) is 3.82. The van der Waals surface area contributed by atoms with Gasteiger partial charge in [0.15, 0.2) is 0 Å². The van der Waals surface area contributed by atoms with E-state index in [1.54, 1.807) is 11.3 Å². The Morgan fingerprint density at radius 1 is 1.41 bits per heavy atom. The van der Waals surface area contributed by atoms with Crippen LogP contribution in [0.15, 0.2) is 21.3 Å². The highest BCUT2D eigenvalue weighted by molar-refractivity contribution is 7.08. The maximum absolute atomic E-state index is 9.84. The normalized spacial score (nSPS) is 19.2. The van der Waals surface area contributed by atoms with Crippen molar-refractivity contribution in [3.05, 3.63) is 22.7 Å². The number of aliphatic hydroxyl groups is 1. The van der Waals surface area contributed by atoms with Crippen molar-refractivity contribution in [3.8, 4) is 11.4 Å². The monoisotopic (exact) mass is 321 g/mol. The summed E-state index contributed by atoms with van der Waals surface area (Å²) in [6, 6.07) is 1.98. The van der Waals surface area contributed by atoms with Crippen molar-refractivity contribution in [2.75, 3.05) is 6.61 Å². The SMILES string of the molecule is C[C@@](CO)(NCc1nc(-c2ccsc2)no1)C1CCCCC1. The Labute approximate surface area is 134 Å². The van der Waals surface area contributed by atoms with Crippen LogP contribution in [-0.2, 0) is 6.54 Å². The van der Waals surface area contributed by atoms with E-state index < -0.39 is 0 Å². The first kappa shape index (κ1) is 15.6. The first-order valence-corrected chi connectivity index (χ1v) is 8.86. The van der Waals surface area contributed by atoms with Crippen molar-refractivity contribution >= 4 is 11.3 Å². The predicted molar refractivity (Wildman–Crippen MR) is 86.5 cm³/mol. The Balaban J connectivity index is 1.63. The molecule has 0 aliphatic heterocycles. The minimum atomic E-state index is -0.280. The van der Waals surface area contributed by atoms with E-state index >= 15 is 0 Å². The van der Waals surface area contributed by atoms with Gasteiger partial charge in [0.1, 0.15) is 0 Å². The Morgan fingerprint density at radius 2 is 2.23 bits per heavy atom. The number of rotatable bonds is 6. The summed E-state index contributed by atoms with van der Waals surface area (Å²) in [6.07, 6.45) is 6.17. The average molecular weight is 321 g/mol. The van der Waals surface area contributed by atoms with Crippen LogP contribution < -0.4 is 5.32 Å². The van der Waals surface area contributed by atoms with Gasteiger partial charge >= 0.3 is 0 Å². The van der Waals surface area contributed by atoms with Crippen LogP contribution in [0.4, 0.5) is 0 Å². The molecule has 1 saturated carbocycles. The van der Waals surface area contributed by atoms with Gasteiger partial charge in [-0.15, -0.1) is 0 Å². The summed E-state index contributed by atoms with van der Waals surface area (Å²) in [7, 11) is 0. The number of aromatic nitrogens is 2. The van der Waals surface area contributed by atoms with Gasteiger partial charge in [-0.3, -0.25) is 0 Å². The lowest BCUT2D eigenvalue weighted by molar-refractivity contribution is 0.0908. The van der Waals surface area contributed by atoms with Gasteiger partial charge in [0, 0.05) is 16.5 Å². The summed E-state index contributed by atoms with van der Waals surface area (Å²) in [6.45, 7) is 2.72. The van der Waals surface area contributed by atoms with E-state index in [0.29, 0.717) is 24.2 Å². The quantitative estimate of drug-likeness (QED) is 0.855. The van der Waals surface area contributed by atoms with Gasteiger partial charge in [0.05, 0.1) is 13.2 Å². The van der Waals surface area contributed by atoms with Crippen LogP contribution >= 0.6 is 11.3 Å². The fraction of sp³-hybridized carbons (Fsp3) is 0.625. The highest BCUT2D eigenvalue weighted by Gasteiger charge is 2.34. The molecule has 2 N–H and O–H groups in total. The van der Waals surface area contributed by atoms with Crippen molar-refractivity contribution in [3.63, 3.8) is 0 Å². The molecule has 0 spiro atoms.